The summed E-state index contributed by atoms with van der Waals surface area (Å²) >= 11 is 6.41. The van der Waals surface area contributed by atoms with Crippen LogP contribution in [0.3, 0.4) is 0 Å². The Morgan fingerprint density at radius 2 is 0.980 bits per heavy atom. The highest BCUT2D eigenvalue weighted by atomic mass is 35.5. The molecule has 0 saturated carbocycles. The first-order valence-corrected chi connectivity index (χ1v) is 16.0. The SMILES string of the molecule is COc1ccc(N(C)C(=O)[C@H](Cc2ccccc2)Nc2nc(Cl)nc(N[C@@H](Cc3ccccc3)C(=O)N(C)c3ccc(OC)cc3)n2)cc1. The molecule has 0 radical (unpaired) electrons. The summed E-state index contributed by atoms with van der Waals surface area (Å²) in [5.74, 6) is 1.07. The molecule has 0 fully saturated rings. The van der Waals surface area contributed by atoms with Crippen LogP contribution in [0.5, 0.6) is 11.5 Å². The number of ether oxygens (including phenoxy) is 2. The highest BCUT2D eigenvalue weighted by molar-refractivity contribution is 6.28. The van der Waals surface area contributed by atoms with Crippen LogP contribution in [-0.2, 0) is 22.4 Å². The van der Waals surface area contributed by atoms with Gasteiger partial charge in [0, 0.05) is 38.3 Å². The smallest absolute Gasteiger partial charge is 0.249 e. The summed E-state index contributed by atoms with van der Waals surface area (Å²) in [4.78, 5) is 44.2. The second kappa shape index (κ2) is 16.4. The summed E-state index contributed by atoms with van der Waals surface area (Å²) in [5.41, 5.74) is 3.24. The van der Waals surface area contributed by atoms with Crippen LogP contribution >= 0.6 is 11.6 Å². The van der Waals surface area contributed by atoms with Crippen LogP contribution in [0.15, 0.2) is 109 Å². The van der Waals surface area contributed by atoms with Gasteiger partial charge in [0.2, 0.25) is 29.0 Å². The van der Waals surface area contributed by atoms with Crippen molar-refractivity contribution < 1.29 is 19.1 Å². The van der Waals surface area contributed by atoms with Crippen molar-refractivity contribution >= 4 is 46.7 Å². The predicted octanol–water partition coefficient (Wildman–Crippen LogP) is 5.91. The summed E-state index contributed by atoms with van der Waals surface area (Å²) in [7, 11) is 6.59. The number of carbonyl (C=O) groups excluding carboxylic acids is 2. The van der Waals surface area contributed by atoms with Gasteiger partial charge in [-0.05, 0) is 71.3 Å². The predicted molar refractivity (Wildman–Crippen MR) is 193 cm³/mol. The lowest BCUT2D eigenvalue weighted by Crippen LogP contribution is -2.43. The molecule has 2 N–H and O–H groups in total. The minimum Gasteiger partial charge on any atom is -0.497 e. The van der Waals surface area contributed by atoms with Crippen molar-refractivity contribution in [1.82, 2.24) is 15.0 Å². The van der Waals surface area contributed by atoms with Crippen LogP contribution in [0, 0.1) is 0 Å². The van der Waals surface area contributed by atoms with Crippen molar-refractivity contribution in [3.8, 4) is 11.5 Å². The van der Waals surface area contributed by atoms with E-state index in [0.717, 1.165) is 11.1 Å². The maximum Gasteiger partial charge on any atom is 0.249 e. The molecule has 2 atom stereocenters. The Bertz CT molecular complexity index is 1700. The molecular weight excluding hydrogens is 642 g/mol. The van der Waals surface area contributed by atoms with Gasteiger partial charge in [-0.25, -0.2) is 0 Å². The quantitative estimate of drug-likeness (QED) is 0.147. The Morgan fingerprint density at radius 1 is 0.612 bits per heavy atom. The van der Waals surface area contributed by atoms with E-state index >= 15 is 0 Å². The van der Waals surface area contributed by atoms with Gasteiger partial charge in [-0.1, -0.05) is 60.7 Å². The zero-order chi connectivity index (χ0) is 34.8. The number of rotatable bonds is 14. The van der Waals surface area contributed by atoms with E-state index in [9.17, 15) is 9.59 Å². The average molecular weight is 680 g/mol. The zero-order valence-corrected chi connectivity index (χ0v) is 28.5. The molecular formula is C37H38ClN7O4. The fourth-order valence-corrected chi connectivity index (χ4v) is 5.38. The number of hydrogen-bond acceptors (Lipinski definition) is 9. The van der Waals surface area contributed by atoms with Crippen LogP contribution in [0.4, 0.5) is 23.3 Å². The van der Waals surface area contributed by atoms with E-state index in [1.165, 1.54) is 0 Å². The normalized spacial score (nSPS) is 11.9. The number of nitrogens with zero attached hydrogens (tertiary/aromatic N) is 5. The molecule has 0 unspecified atom stereocenters. The van der Waals surface area contributed by atoms with Crippen LogP contribution in [0.1, 0.15) is 11.1 Å². The Kier molecular flexibility index (Phi) is 11.6. The van der Waals surface area contributed by atoms with Gasteiger partial charge in [0.1, 0.15) is 23.6 Å². The topological polar surface area (TPSA) is 122 Å². The van der Waals surface area contributed by atoms with E-state index in [0.29, 0.717) is 35.7 Å². The highest BCUT2D eigenvalue weighted by Gasteiger charge is 2.27. The molecule has 252 valence electrons. The standard InChI is InChI=1S/C37H38ClN7O4/c1-44(27-15-19-29(48-3)20-16-27)33(46)31(23-25-11-7-5-8-12-25)39-36-41-35(38)42-37(43-36)40-32(24-26-13-9-6-10-14-26)34(47)45(2)28-17-21-30(49-4)22-18-28/h5-22,31-32H,23-24H2,1-4H3,(H2,39,40,41,42,43)/t31-,32-/m0/s1. The Hall–Kier alpha value is -5.68. The molecule has 11 nitrogen and oxygen atoms in total. The molecule has 0 bridgehead atoms. The van der Waals surface area contributed by atoms with Crippen molar-refractivity contribution in [2.75, 3.05) is 48.7 Å². The maximum absolute atomic E-state index is 14.0. The van der Waals surface area contributed by atoms with Crippen LogP contribution in [0.2, 0.25) is 5.28 Å². The van der Waals surface area contributed by atoms with Crippen molar-refractivity contribution in [2.45, 2.75) is 24.9 Å². The van der Waals surface area contributed by atoms with Gasteiger partial charge < -0.3 is 29.9 Å². The molecule has 4 aromatic carbocycles. The second-order valence-corrected chi connectivity index (χ2v) is 11.6. The second-order valence-electron chi connectivity index (χ2n) is 11.2. The molecule has 2 amide bonds. The number of amides is 2. The maximum atomic E-state index is 14.0. The van der Waals surface area contributed by atoms with Crippen LogP contribution in [-0.4, -0.2) is 67.2 Å². The first kappa shape index (κ1) is 34.6. The van der Waals surface area contributed by atoms with E-state index in [1.807, 2.05) is 84.9 Å². The van der Waals surface area contributed by atoms with Crippen molar-refractivity contribution in [3.63, 3.8) is 0 Å². The van der Waals surface area contributed by atoms with Gasteiger partial charge in [0.05, 0.1) is 14.2 Å². The largest absolute Gasteiger partial charge is 0.497 e. The third-order valence-corrected chi connectivity index (χ3v) is 8.13. The minimum atomic E-state index is -0.774. The average Bonchev–Trinajstić information content (AvgIpc) is 3.13. The minimum absolute atomic E-state index is 0.0781. The first-order valence-electron chi connectivity index (χ1n) is 15.6. The molecule has 0 aliphatic carbocycles. The van der Waals surface area contributed by atoms with Gasteiger partial charge in [0.25, 0.3) is 0 Å². The molecule has 0 saturated heterocycles. The zero-order valence-electron chi connectivity index (χ0n) is 27.7. The van der Waals surface area contributed by atoms with E-state index in [2.05, 4.69) is 25.6 Å². The third kappa shape index (κ3) is 9.23. The number of nitrogens with one attached hydrogen (secondary N) is 2. The Balaban J connectivity index is 1.42. The lowest BCUT2D eigenvalue weighted by molar-refractivity contribution is -0.119. The molecule has 5 aromatic rings. The lowest BCUT2D eigenvalue weighted by atomic mass is 10.0. The number of hydrogen-bond donors (Lipinski definition) is 2. The third-order valence-electron chi connectivity index (χ3n) is 7.96. The number of aromatic nitrogens is 3. The van der Waals surface area contributed by atoms with E-state index in [1.54, 1.807) is 62.4 Å². The van der Waals surface area contributed by atoms with Gasteiger partial charge in [0.15, 0.2) is 0 Å². The molecule has 0 aliphatic rings. The number of carbonyl (C=O) groups is 2. The van der Waals surface area contributed by atoms with Crippen molar-refractivity contribution in [2.24, 2.45) is 0 Å². The van der Waals surface area contributed by atoms with Gasteiger partial charge in [-0.2, -0.15) is 15.0 Å². The summed E-state index contributed by atoms with van der Waals surface area (Å²) in [5, 5.41) is 6.26. The van der Waals surface area contributed by atoms with Gasteiger partial charge in [-0.15, -0.1) is 0 Å². The van der Waals surface area contributed by atoms with Crippen LogP contribution < -0.4 is 29.9 Å². The van der Waals surface area contributed by atoms with Crippen molar-refractivity contribution in [3.05, 3.63) is 126 Å². The summed E-state index contributed by atoms with van der Waals surface area (Å²) in [6.45, 7) is 0. The van der Waals surface area contributed by atoms with Gasteiger partial charge in [-0.3, -0.25) is 9.59 Å². The summed E-state index contributed by atoms with van der Waals surface area (Å²) in [6.07, 6.45) is 0.683. The summed E-state index contributed by atoms with van der Waals surface area (Å²) < 4.78 is 10.5. The number of halogens is 1. The molecule has 0 aliphatic heterocycles. The first-order chi connectivity index (χ1) is 23.7. The number of benzene rings is 4. The summed E-state index contributed by atoms with van der Waals surface area (Å²) in [6, 6.07) is 32.1. The molecule has 0 spiro atoms. The molecule has 1 aromatic heterocycles. The molecule has 12 heteroatoms. The monoisotopic (exact) mass is 679 g/mol. The molecule has 5 rings (SSSR count). The van der Waals surface area contributed by atoms with Crippen molar-refractivity contribution in [1.29, 1.82) is 0 Å². The molecule has 49 heavy (non-hydrogen) atoms. The molecule has 1 heterocycles. The number of likely N-dealkylation sites (N-methyl/N-ethyl adjacent to an activating group) is 2. The number of anilines is 4. The Morgan fingerprint density at radius 3 is 1.33 bits per heavy atom. The Labute approximate surface area is 290 Å². The van der Waals surface area contributed by atoms with Crippen LogP contribution in [0.25, 0.3) is 0 Å². The fraction of sp³-hybridized carbons (Fsp3) is 0.216. The highest BCUT2D eigenvalue weighted by Crippen LogP contribution is 2.23. The fourth-order valence-electron chi connectivity index (χ4n) is 5.22. The van der Waals surface area contributed by atoms with E-state index < -0.39 is 12.1 Å². The van der Waals surface area contributed by atoms with E-state index in [4.69, 9.17) is 21.1 Å². The van der Waals surface area contributed by atoms with E-state index in [-0.39, 0.29) is 29.0 Å². The number of methoxy groups -OCH3 is 2. The van der Waals surface area contributed by atoms with Gasteiger partial charge >= 0.3 is 0 Å². The lowest BCUT2D eigenvalue weighted by Gasteiger charge is -2.26.